The van der Waals surface area contributed by atoms with Crippen molar-refractivity contribution in [2.45, 2.75) is 0 Å². The fraction of sp³-hybridized carbons (Fsp3) is 0.0909. The van der Waals surface area contributed by atoms with E-state index in [0.29, 0.717) is 14.9 Å². The van der Waals surface area contributed by atoms with Gasteiger partial charge >= 0.3 is 0 Å². The van der Waals surface area contributed by atoms with Crippen molar-refractivity contribution >= 4 is 47.6 Å². The number of hydrogen-bond donors (Lipinski definition) is 2. The van der Waals surface area contributed by atoms with Crippen molar-refractivity contribution in [2.75, 3.05) is 11.6 Å². The van der Waals surface area contributed by atoms with Crippen LogP contribution in [0.2, 0.25) is 5.02 Å². The van der Waals surface area contributed by atoms with Gasteiger partial charge in [-0.2, -0.15) is 5.26 Å². The third kappa shape index (κ3) is 4.00. The lowest BCUT2D eigenvalue weighted by Gasteiger charge is -2.05. The number of benzene rings is 1. The van der Waals surface area contributed by atoms with Crippen LogP contribution in [0.4, 0.5) is 5.69 Å². The van der Waals surface area contributed by atoms with Crippen LogP contribution in [0.3, 0.4) is 0 Å². The number of thioether (sulfide) groups is 1. The number of rotatable bonds is 3. The molecule has 1 aromatic rings. The van der Waals surface area contributed by atoms with Crippen LogP contribution in [-0.2, 0) is 4.79 Å². The topological polar surface area (TPSA) is 52.9 Å². The molecule has 0 saturated heterocycles. The summed E-state index contributed by atoms with van der Waals surface area (Å²) >= 11 is 11.0. The first-order valence-corrected chi connectivity index (χ1v) is 6.57. The fourth-order valence-corrected chi connectivity index (χ4v) is 1.64. The van der Waals surface area contributed by atoms with Gasteiger partial charge in [0.25, 0.3) is 5.91 Å². The molecule has 0 aliphatic rings. The van der Waals surface area contributed by atoms with Gasteiger partial charge in [0.1, 0.15) is 11.6 Å². The zero-order chi connectivity index (χ0) is 12.8. The summed E-state index contributed by atoms with van der Waals surface area (Å²) in [5.74, 6) is -0.478. The van der Waals surface area contributed by atoms with E-state index in [4.69, 9.17) is 16.9 Å². The van der Waals surface area contributed by atoms with Crippen molar-refractivity contribution in [1.82, 2.24) is 0 Å². The number of amides is 1. The van der Waals surface area contributed by atoms with Crippen molar-refractivity contribution in [3.05, 3.63) is 39.1 Å². The summed E-state index contributed by atoms with van der Waals surface area (Å²) in [4.78, 5) is 11.7. The average Bonchev–Trinajstić information content (AvgIpc) is 2.32. The van der Waals surface area contributed by atoms with E-state index in [1.165, 1.54) is 11.8 Å². The number of halogens is 1. The zero-order valence-corrected chi connectivity index (χ0v) is 11.4. The summed E-state index contributed by atoms with van der Waals surface area (Å²) in [6.07, 6.45) is 1.75. The number of thiol groups is 1. The minimum atomic E-state index is -0.478. The lowest BCUT2D eigenvalue weighted by atomic mass is 10.2. The molecule has 0 aliphatic heterocycles. The molecule has 3 nitrogen and oxygen atoms in total. The van der Waals surface area contributed by atoms with E-state index in [1.54, 1.807) is 30.5 Å². The molecule has 17 heavy (non-hydrogen) atoms. The first-order chi connectivity index (χ1) is 8.08. The van der Waals surface area contributed by atoms with Gasteiger partial charge in [0, 0.05) is 10.7 Å². The molecule has 0 fully saturated rings. The molecule has 1 aromatic carbocycles. The molecule has 0 bridgehead atoms. The second kappa shape index (κ2) is 6.60. The number of nitriles is 1. The Morgan fingerprint density at radius 3 is 2.53 bits per heavy atom. The summed E-state index contributed by atoms with van der Waals surface area (Å²) < 4.78 is 0.388. The lowest BCUT2D eigenvalue weighted by Crippen LogP contribution is -2.14. The Bertz CT molecular complexity index is 491. The molecular formula is C11H9ClN2OS2. The molecule has 1 N–H and O–H groups in total. The van der Waals surface area contributed by atoms with E-state index in [-0.39, 0.29) is 5.57 Å². The van der Waals surface area contributed by atoms with Gasteiger partial charge < -0.3 is 5.32 Å². The Morgan fingerprint density at radius 2 is 2.06 bits per heavy atom. The van der Waals surface area contributed by atoms with E-state index in [9.17, 15) is 4.79 Å². The molecule has 1 amide bonds. The van der Waals surface area contributed by atoms with Crippen LogP contribution >= 0.6 is 36.0 Å². The molecule has 0 saturated carbocycles. The van der Waals surface area contributed by atoms with Gasteiger partial charge in [-0.1, -0.05) is 11.6 Å². The highest BCUT2D eigenvalue weighted by Gasteiger charge is 2.12. The predicted molar refractivity (Wildman–Crippen MR) is 75.2 cm³/mol. The van der Waals surface area contributed by atoms with E-state index in [1.807, 2.05) is 6.07 Å². The van der Waals surface area contributed by atoms with Crippen molar-refractivity contribution in [3.63, 3.8) is 0 Å². The first-order valence-electron chi connectivity index (χ1n) is 4.52. The highest BCUT2D eigenvalue weighted by Crippen LogP contribution is 2.22. The number of anilines is 1. The number of carbonyl (C=O) groups is 1. The molecule has 0 spiro atoms. The van der Waals surface area contributed by atoms with Gasteiger partial charge in [-0.3, -0.25) is 4.79 Å². The smallest absolute Gasteiger partial charge is 0.268 e. The van der Waals surface area contributed by atoms with E-state index in [0.717, 1.165) is 0 Å². The van der Waals surface area contributed by atoms with E-state index in [2.05, 4.69) is 17.9 Å². The first kappa shape index (κ1) is 14.0. The Hall–Kier alpha value is -1.09. The Labute approximate surface area is 114 Å². The number of nitrogens with zero attached hydrogens (tertiary/aromatic N) is 1. The molecular weight excluding hydrogens is 276 g/mol. The van der Waals surface area contributed by atoms with Crippen molar-refractivity contribution < 1.29 is 4.79 Å². The lowest BCUT2D eigenvalue weighted by molar-refractivity contribution is -0.112. The third-order valence-corrected chi connectivity index (χ3v) is 3.46. The van der Waals surface area contributed by atoms with Gasteiger partial charge in [0.15, 0.2) is 0 Å². The van der Waals surface area contributed by atoms with Crippen LogP contribution in [0, 0.1) is 11.3 Å². The maximum atomic E-state index is 11.7. The second-order valence-electron chi connectivity index (χ2n) is 2.96. The summed E-state index contributed by atoms with van der Waals surface area (Å²) in [6.45, 7) is 0. The molecule has 1 rings (SSSR count). The van der Waals surface area contributed by atoms with Gasteiger partial charge in [0.2, 0.25) is 0 Å². The number of carbonyl (C=O) groups excluding carboxylic acids is 1. The van der Waals surface area contributed by atoms with Crippen LogP contribution < -0.4 is 5.32 Å². The Morgan fingerprint density at radius 1 is 1.47 bits per heavy atom. The standard InChI is InChI=1S/C11H9ClN2OS2/c1-17-11(16)9(6-13)10(15)14-8-4-2-7(12)3-5-8/h2-5,16H,1H3,(H,14,15). The van der Waals surface area contributed by atoms with Crippen molar-refractivity contribution in [2.24, 2.45) is 0 Å². The third-order valence-electron chi connectivity index (χ3n) is 1.85. The van der Waals surface area contributed by atoms with Crippen LogP contribution in [0.1, 0.15) is 0 Å². The maximum absolute atomic E-state index is 11.7. The molecule has 6 heteroatoms. The van der Waals surface area contributed by atoms with Gasteiger partial charge in [-0.05, 0) is 30.5 Å². The summed E-state index contributed by atoms with van der Waals surface area (Å²) in [5, 5.41) is 12.0. The van der Waals surface area contributed by atoms with Gasteiger partial charge in [0.05, 0.1) is 4.24 Å². The summed E-state index contributed by atoms with van der Waals surface area (Å²) in [6, 6.07) is 8.46. The summed E-state index contributed by atoms with van der Waals surface area (Å²) in [5.41, 5.74) is 0.574. The van der Waals surface area contributed by atoms with E-state index >= 15 is 0 Å². The maximum Gasteiger partial charge on any atom is 0.268 e. The molecule has 0 heterocycles. The quantitative estimate of drug-likeness (QED) is 0.509. The second-order valence-corrected chi connectivity index (χ2v) is 4.96. The van der Waals surface area contributed by atoms with Crippen LogP contribution in [0.5, 0.6) is 0 Å². The summed E-state index contributed by atoms with van der Waals surface area (Å²) in [7, 11) is 0. The molecule has 0 unspecified atom stereocenters. The molecule has 0 aliphatic carbocycles. The Balaban J connectivity index is 2.86. The van der Waals surface area contributed by atoms with E-state index < -0.39 is 5.91 Å². The van der Waals surface area contributed by atoms with Gasteiger partial charge in [-0.15, -0.1) is 24.4 Å². The number of hydrogen-bond acceptors (Lipinski definition) is 4. The highest BCUT2D eigenvalue weighted by atomic mass is 35.5. The van der Waals surface area contributed by atoms with Crippen LogP contribution in [0.15, 0.2) is 34.1 Å². The molecule has 0 atom stereocenters. The normalized spacial score (nSPS) is 11.4. The average molecular weight is 285 g/mol. The number of nitrogens with one attached hydrogen (secondary N) is 1. The van der Waals surface area contributed by atoms with Crippen molar-refractivity contribution in [1.29, 1.82) is 5.26 Å². The molecule has 0 radical (unpaired) electrons. The van der Waals surface area contributed by atoms with Crippen LogP contribution in [0.25, 0.3) is 0 Å². The molecule has 88 valence electrons. The largest absolute Gasteiger partial charge is 0.321 e. The monoisotopic (exact) mass is 284 g/mol. The minimum Gasteiger partial charge on any atom is -0.321 e. The zero-order valence-electron chi connectivity index (χ0n) is 8.90. The van der Waals surface area contributed by atoms with Crippen LogP contribution in [-0.4, -0.2) is 12.2 Å². The molecule has 0 aromatic heterocycles. The van der Waals surface area contributed by atoms with Crippen molar-refractivity contribution in [3.8, 4) is 6.07 Å². The fourth-order valence-electron chi connectivity index (χ4n) is 1.02. The van der Waals surface area contributed by atoms with Gasteiger partial charge in [-0.25, -0.2) is 0 Å². The highest BCUT2D eigenvalue weighted by molar-refractivity contribution is 8.15. The Kier molecular flexibility index (Phi) is 5.42. The minimum absolute atomic E-state index is 0.00390. The SMILES string of the molecule is CSC(S)=C(C#N)C(=O)Nc1ccc(Cl)cc1. The predicted octanol–water partition coefficient (Wildman–Crippen LogP) is 3.31.